The first-order valence-corrected chi connectivity index (χ1v) is 10.1. The zero-order chi connectivity index (χ0) is 21.1. The number of carbonyl (C=O) groups is 1. The third kappa shape index (κ3) is 3.91. The molecule has 0 aromatic carbocycles. The van der Waals surface area contributed by atoms with Gasteiger partial charge in [0, 0.05) is 31.9 Å². The normalized spacial score (nSPS) is 16.4. The van der Waals surface area contributed by atoms with E-state index in [0.29, 0.717) is 41.4 Å². The number of amides is 1. The van der Waals surface area contributed by atoms with Crippen molar-refractivity contribution in [1.29, 1.82) is 5.26 Å². The molecule has 0 radical (unpaired) electrons. The molecule has 4 heterocycles. The van der Waals surface area contributed by atoms with E-state index < -0.39 is 0 Å². The number of anilines is 2. The van der Waals surface area contributed by atoms with Crippen LogP contribution in [0, 0.1) is 11.3 Å². The Hall–Kier alpha value is -3.61. The predicted octanol–water partition coefficient (Wildman–Crippen LogP) is 2.57. The van der Waals surface area contributed by atoms with Crippen LogP contribution in [-0.4, -0.2) is 54.7 Å². The van der Waals surface area contributed by atoms with E-state index in [1.807, 2.05) is 24.9 Å². The molecule has 4 rings (SSSR count). The molecule has 3 aromatic rings. The lowest BCUT2D eigenvalue weighted by atomic mass is 10.1. The van der Waals surface area contributed by atoms with E-state index in [4.69, 9.17) is 4.74 Å². The number of fused-ring (bicyclic) bond motifs is 1. The van der Waals surface area contributed by atoms with Crippen LogP contribution >= 0.6 is 0 Å². The molecule has 0 saturated carbocycles. The Balaban J connectivity index is 1.64. The number of nitrogens with zero attached hydrogens (tertiary/aromatic N) is 6. The van der Waals surface area contributed by atoms with Gasteiger partial charge in [-0.25, -0.2) is 0 Å². The molecular formula is C20H24N8O2. The van der Waals surface area contributed by atoms with Crippen molar-refractivity contribution in [2.75, 3.05) is 18.4 Å². The van der Waals surface area contributed by atoms with Gasteiger partial charge < -0.3 is 19.9 Å². The third-order valence-corrected chi connectivity index (χ3v) is 5.14. The minimum absolute atomic E-state index is 0.116. The topological polar surface area (TPSA) is 125 Å². The fraction of sp³-hybridized carbons (Fsp3) is 0.450. The van der Waals surface area contributed by atoms with E-state index in [9.17, 15) is 10.1 Å². The summed E-state index contributed by atoms with van der Waals surface area (Å²) in [5.74, 6) is 0.793. The fourth-order valence-corrected chi connectivity index (χ4v) is 3.60. The molecule has 156 valence electrons. The zero-order valence-electron chi connectivity index (χ0n) is 17.1. The van der Waals surface area contributed by atoms with Crippen LogP contribution < -0.4 is 10.1 Å². The van der Waals surface area contributed by atoms with Gasteiger partial charge in [-0.15, -0.1) is 0 Å². The van der Waals surface area contributed by atoms with E-state index in [1.54, 1.807) is 17.1 Å². The molecule has 30 heavy (non-hydrogen) atoms. The quantitative estimate of drug-likeness (QED) is 0.642. The molecule has 1 fully saturated rings. The molecule has 10 nitrogen and oxygen atoms in total. The molecule has 2 N–H and O–H groups in total. The summed E-state index contributed by atoms with van der Waals surface area (Å²) in [4.78, 5) is 26.0. The van der Waals surface area contributed by atoms with Crippen molar-refractivity contribution < 1.29 is 9.53 Å². The predicted molar refractivity (Wildman–Crippen MR) is 110 cm³/mol. The van der Waals surface area contributed by atoms with Gasteiger partial charge >= 0.3 is 0 Å². The number of aromatic amines is 1. The highest BCUT2D eigenvalue weighted by atomic mass is 16.5. The number of H-pyrrole nitrogens is 1. The summed E-state index contributed by atoms with van der Waals surface area (Å²) in [7, 11) is 0. The Morgan fingerprint density at radius 2 is 2.30 bits per heavy atom. The summed E-state index contributed by atoms with van der Waals surface area (Å²) in [6, 6.07) is 2.15. The van der Waals surface area contributed by atoms with Gasteiger partial charge in [0.2, 0.25) is 17.7 Å². The molecule has 1 aliphatic rings. The molecule has 1 saturated heterocycles. The van der Waals surface area contributed by atoms with Crippen molar-refractivity contribution in [2.45, 2.75) is 45.8 Å². The van der Waals surface area contributed by atoms with Gasteiger partial charge in [0.15, 0.2) is 0 Å². The summed E-state index contributed by atoms with van der Waals surface area (Å²) in [6.45, 7) is 5.87. The lowest BCUT2D eigenvalue weighted by Gasteiger charge is -2.32. The van der Waals surface area contributed by atoms with E-state index >= 15 is 0 Å². The Kier molecular flexibility index (Phi) is 5.52. The number of hydrogen-bond acceptors (Lipinski definition) is 7. The highest BCUT2D eigenvalue weighted by molar-refractivity contribution is 5.88. The molecular weight excluding hydrogens is 384 g/mol. The summed E-state index contributed by atoms with van der Waals surface area (Å²) < 4.78 is 8.02. The number of nitrogens with one attached hydrogen (secondary N) is 2. The average molecular weight is 408 g/mol. The van der Waals surface area contributed by atoms with Crippen molar-refractivity contribution in [3.05, 3.63) is 24.2 Å². The van der Waals surface area contributed by atoms with Gasteiger partial charge in [0.1, 0.15) is 17.8 Å². The molecule has 0 unspecified atom stereocenters. The lowest BCUT2D eigenvalue weighted by molar-refractivity contribution is -0.133. The molecule has 10 heteroatoms. The number of piperidine rings is 1. The highest BCUT2D eigenvalue weighted by Crippen LogP contribution is 2.30. The smallest absolute Gasteiger partial charge is 0.232 e. The van der Waals surface area contributed by atoms with Crippen LogP contribution in [-0.2, 0) is 11.3 Å². The molecule has 1 atom stereocenters. The second kappa shape index (κ2) is 8.41. The molecule has 1 amide bonds. The van der Waals surface area contributed by atoms with Gasteiger partial charge in [-0.05, 0) is 19.8 Å². The number of ether oxygens (including phenoxy) is 1. The summed E-state index contributed by atoms with van der Waals surface area (Å²) in [5, 5.41) is 17.4. The number of carbonyl (C=O) groups excluding carboxylic acids is 1. The van der Waals surface area contributed by atoms with Crippen LogP contribution in [0.15, 0.2) is 18.6 Å². The Bertz CT molecular complexity index is 1100. The first-order chi connectivity index (χ1) is 14.6. The Labute approximate surface area is 173 Å². The van der Waals surface area contributed by atoms with Crippen LogP contribution in [0.3, 0.4) is 0 Å². The number of aryl methyl sites for hydroxylation is 1. The summed E-state index contributed by atoms with van der Waals surface area (Å²) >= 11 is 0. The van der Waals surface area contributed by atoms with Gasteiger partial charge in [0.25, 0.3) is 0 Å². The number of aromatic nitrogens is 5. The van der Waals surface area contributed by atoms with Gasteiger partial charge in [-0.1, -0.05) is 6.92 Å². The molecule has 0 bridgehead atoms. The van der Waals surface area contributed by atoms with Crippen molar-refractivity contribution in [2.24, 2.45) is 0 Å². The zero-order valence-corrected chi connectivity index (χ0v) is 17.1. The van der Waals surface area contributed by atoms with E-state index in [1.165, 1.54) is 0 Å². The number of nitriles is 1. The first-order valence-electron chi connectivity index (χ1n) is 10.1. The second-order valence-electron chi connectivity index (χ2n) is 7.18. The molecule has 1 aliphatic heterocycles. The molecule has 0 spiro atoms. The molecule has 3 aromatic heterocycles. The number of rotatable bonds is 6. The van der Waals surface area contributed by atoms with Crippen LogP contribution in [0.25, 0.3) is 11.0 Å². The summed E-state index contributed by atoms with van der Waals surface area (Å²) in [5.41, 5.74) is 1.69. The van der Waals surface area contributed by atoms with Gasteiger partial charge in [-0.3, -0.25) is 9.48 Å². The first kappa shape index (κ1) is 19.7. The van der Waals surface area contributed by atoms with Crippen LogP contribution in [0.2, 0.25) is 0 Å². The standard InChI is InChI=1S/C20H24N8O2/c1-3-16(29)27-7-5-6-15(12-27)30-19-17-13(8-21)9-22-18(17)25-20(26-19)24-14-10-23-28(4-2)11-14/h9-11,15H,3-7,12H2,1-2H3,(H2,22,24,25,26)/t15-/m1/s1. The van der Waals surface area contributed by atoms with Crippen molar-refractivity contribution in [3.8, 4) is 11.9 Å². The van der Waals surface area contributed by atoms with Gasteiger partial charge in [-0.2, -0.15) is 20.3 Å². The van der Waals surface area contributed by atoms with E-state index in [-0.39, 0.29) is 12.0 Å². The summed E-state index contributed by atoms with van der Waals surface area (Å²) in [6.07, 6.45) is 7.12. The third-order valence-electron chi connectivity index (χ3n) is 5.14. The monoisotopic (exact) mass is 408 g/mol. The number of likely N-dealkylation sites (tertiary alicyclic amines) is 1. The van der Waals surface area contributed by atoms with Crippen LogP contribution in [0.5, 0.6) is 5.88 Å². The van der Waals surface area contributed by atoms with Crippen LogP contribution in [0.4, 0.5) is 11.6 Å². The van der Waals surface area contributed by atoms with E-state index in [2.05, 4.69) is 31.4 Å². The Morgan fingerprint density at radius 3 is 3.03 bits per heavy atom. The maximum Gasteiger partial charge on any atom is 0.232 e. The molecule has 0 aliphatic carbocycles. The maximum absolute atomic E-state index is 12.1. The lowest BCUT2D eigenvalue weighted by Crippen LogP contribution is -2.44. The van der Waals surface area contributed by atoms with Crippen molar-refractivity contribution >= 4 is 28.6 Å². The van der Waals surface area contributed by atoms with E-state index in [0.717, 1.165) is 31.6 Å². The average Bonchev–Trinajstić information content (AvgIpc) is 3.40. The Morgan fingerprint density at radius 1 is 1.43 bits per heavy atom. The minimum Gasteiger partial charge on any atom is -0.472 e. The largest absolute Gasteiger partial charge is 0.472 e. The van der Waals surface area contributed by atoms with Gasteiger partial charge in [0.05, 0.1) is 29.4 Å². The fourth-order valence-electron chi connectivity index (χ4n) is 3.60. The second-order valence-corrected chi connectivity index (χ2v) is 7.18. The number of hydrogen-bond donors (Lipinski definition) is 2. The van der Waals surface area contributed by atoms with Crippen LogP contribution in [0.1, 0.15) is 38.7 Å². The highest BCUT2D eigenvalue weighted by Gasteiger charge is 2.26. The minimum atomic E-state index is -0.190. The van der Waals surface area contributed by atoms with Crippen molar-refractivity contribution in [1.82, 2.24) is 29.6 Å². The van der Waals surface area contributed by atoms with Crippen molar-refractivity contribution in [3.63, 3.8) is 0 Å². The SMILES string of the molecule is CCC(=O)N1CCC[C@@H](Oc2nc(Nc3cnn(CC)c3)nc3[nH]cc(C#N)c23)C1. The maximum atomic E-state index is 12.1.